The molecule has 1 aliphatic heterocycles. The van der Waals surface area contributed by atoms with E-state index in [-0.39, 0.29) is 0 Å². The smallest absolute Gasteiger partial charge is 0.103 e. The van der Waals surface area contributed by atoms with Crippen molar-refractivity contribution in [3.05, 3.63) is 42.0 Å². The van der Waals surface area contributed by atoms with Crippen LogP contribution in [0.15, 0.2) is 30.5 Å². The Kier molecular flexibility index (Phi) is 3.40. The van der Waals surface area contributed by atoms with Crippen LogP contribution in [0.1, 0.15) is 24.4 Å². The zero-order chi connectivity index (χ0) is 13.1. The van der Waals surface area contributed by atoms with Gasteiger partial charge >= 0.3 is 0 Å². The average molecular weight is 256 g/mol. The van der Waals surface area contributed by atoms with Crippen molar-refractivity contribution in [3.63, 3.8) is 0 Å². The van der Waals surface area contributed by atoms with Gasteiger partial charge in [-0.25, -0.2) is 4.98 Å². The van der Waals surface area contributed by atoms with E-state index in [1.165, 1.54) is 31.6 Å². The quantitative estimate of drug-likeness (QED) is 0.884. The summed E-state index contributed by atoms with van der Waals surface area (Å²) < 4.78 is 0. The van der Waals surface area contributed by atoms with Gasteiger partial charge in [0.2, 0.25) is 0 Å². The van der Waals surface area contributed by atoms with Gasteiger partial charge in [0.25, 0.3) is 0 Å². The monoisotopic (exact) mass is 256 g/mol. The molecule has 0 aliphatic carbocycles. The summed E-state index contributed by atoms with van der Waals surface area (Å²) in [7, 11) is 0. The van der Waals surface area contributed by atoms with Gasteiger partial charge in [-0.05, 0) is 44.0 Å². The molecule has 4 heteroatoms. The summed E-state index contributed by atoms with van der Waals surface area (Å²) in [5.74, 6) is 0.959. The van der Waals surface area contributed by atoms with E-state index in [0.29, 0.717) is 0 Å². The first-order chi connectivity index (χ1) is 9.31. The van der Waals surface area contributed by atoms with Crippen LogP contribution in [0.4, 0.5) is 11.4 Å². The molecule has 1 aliphatic rings. The molecule has 0 radical (unpaired) electrons. The van der Waals surface area contributed by atoms with Crippen molar-refractivity contribution in [2.75, 3.05) is 23.3 Å². The predicted octanol–water partition coefficient (Wildman–Crippen LogP) is 2.93. The van der Waals surface area contributed by atoms with Crippen molar-refractivity contribution in [2.24, 2.45) is 0 Å². The second-order valence-corrected chi connectivity index (χ2v) is 5.09. The average Bonchev–Trinajstić information content (AvgIpc) is 3.08. The van der Waals surface area contributed by atoms with Crippen LogP contribution < -0.4 is 10.2 Å². The van der Waals surface area contributed by atoms with Gasteiger partial charge in [0.15, 0.2) is 0 Å². The second-order valence-electron chi connectivity index (χ2n) is 5.09. The molecule has 0 saturated carbocycles. The lowest BCUT2D eigenvalue weighted by Gasteiger charge is -2.17. The lowest BCUT2D eigenvalue weighted by Crippen LogP contribution is -2.17. The second kappa shape index (κ2) is 5.34. The fraction of sp³-hybridized carbons (Fsp3) is 0.400. The van der Waals surface area contributed by atoms with Gasteiger partial charge in [-0.2, -0.15) is 0 Å². The number of hydrogen-bond donors (Lipinski definition) is 2. The number of anilines is 2. The Bertz CT molecular complexity index is 523. The molecule has 0 spiro atoms. The van der Waals surface area contributed by atoms with Gasteiger partial charge < -0.3 is 15.2 Å². The molecule has 0 atom stereocenters. The molecular weight excluding hydrogens is 236 g/mol. The number of rotatable bonds is 4. The minimum Gasteiger partial charge on any atom is -0.379 e. The van der Waals surface area contributed by atoms with E-state index in [4.69, 9.17) is 0 Å². The van der Waals surface area contributed by atoms with Crippen LogP contribution >= 0.6 is 0 Å². The molecule has 2 N–H and O–H groups in total. The van der Waals surface area contributed by atoms with Gasteiger partial charge in [-0.3, -0.25) is 0 Å². The van der Waals surface area contributed by atoms with Crippen molar-refractivity contribution < 1.29 is 0 Å². The Morgan fingerprint density at radius 1 is 1.21 bits per heavy atom. The molecule has 4 nitrogen and oxygen atoms in total. The van der Waals surface area contributed by atoms with Crippen molar-refractivity contribution in [1.29, 1.82) is 0 Å². The molecular formula is C15H20N4. The minimum absolute atomic E-state index is 0.782. The van der Waals surface area contributed by atoms with Crippen LogP contribution in [0.25, 0.3) is 0 Å². The molecule has 0 unspecified atom stereocenters. The molecule has 1 aromatic heterocycles. The zero-order valence-corrected chi connectivity index (χ0v) is 11.3. The number of aryl methyl sites for hydroxylation is 1. The number of imidazole rings is 1. The number of nitrogens with zero attached hydrogens (tertiary/aromatic N) is 2. The molecule has 1 saturated heterocycles. The number of hydrogen-bond acceptors (Lipinski definition) is 3. The Morgan fingerprint density at radius 3 is 2.58 bits per heavy atom. The predicted molar refractivity (Wildman–Crippen MR) is 78.5 cm³/mol. The molecule has 100 valence electrons. The standard InChI is InChI=1S/C15H20N4/c1-12-16-10-14(18-12)11-17-13-4-6-15(7-5-13)19-8-2-3-9-19/h4-7,10,17H,2-3,8-9,11H2,1H3,(H,16,18). The van der Waals surface area contributed by atoms with E-state index in [2.05, 4.69) is 44.5 Å². The van der Waals surface area contributed by atoms with E-state index >= 15 is 0 Å². The summed E-state index contributed by atoms with van der Waals surface area (Å²) in [6, 6.07) is 8.70. The maximum atomic E-state index is 4.19. The first kappa shape index (κ1) is 12.1. The van der Waals surface area contributed by atoms with E-state index < -0.39 is 0 Å². The van der Waals surface area contributed by atoms with E-state index in [0.717, 1.165) is 23.8 Å². The first-order valence-electron chi connectivity index (χ1n) is 6.91. The molecule has 1 fully saturated rings. The summed E-state index contributed by atoms with van der Waals surface area (Å²) >= 11 is 0. The van der Waals surface area contributed by atoms with Crippen molar-refractivity contribution in [2.45, 2.75) is 26.3 Å². The lowest BCUT2D eigenvalue weighted by molar-refractivity contribution is 0.949. The van der Waals surface area contributed by atoms with Gasteiger partial charge in [0.05, 0.1) is 18.4 Å². The Morgan fingerprint density at radius 2 is 1.95 bits per heavy atom. The molecule has 2 aromatic rings. The van der Waals surface area contributed by atoms with Crippen LogP contribution in [-0.4, -0.2) is 23.1 Å². The van der Waals surface area contributed by atoms with Crippen molar-refractivity contribution in [1.82, 2.24) is 9.97 Å². The molecule has 0 amide bonds. The van der Waals surface area contributed by atoms with Gasteiger partial charge in [-0.15, -0.1) is 0 Å². The van der Waals surface area contributed by atoms with Crippen molar-refractivity contribution in [3.8, 4) is 0 Å². The third-order valence-corrected chi connectivity index (χ3v) is 3.58. The maximum Gasteiger partial charge on any atom is 0.103 e. The largest absolute Gasteiger partial charge is 0.379 e. The lowest BCUT2D eigenvalue weighted by atomic mass is 10.2. The number of aromatic amines is 1. The number of benzene rings is 1. The summed E-state index contributed by atoms with van der Waals surface area (Å²) in [4.78, 5) is 9.86. The van der Waals surface area contributed by atoms with E-state index in [9.17, 15) is 0 Å². The Hall–Kier alpha value is -1.97. The number of nitrogens with one attached hydrogen (secondary N) is 2. The third-order valence-electron chi connectivity index (χ3n) is 3.58. The Balaban J connectivity index is 1.59. The summed E-state index contributed by atoms with van der Waals surface area (Å²) in [5, 5.41) is 3.40. The highest BCUT2D eigenvalue weighted by atomic mass is 15.1. The SMILES string of the molecule is Cc1ncc(CNc2ccc(N3CCCC3)cc2)[nH]1. The van der Waals surface area contributed by atoms with Crippen LogP contribution in [0.2, 0.25) is 0 Å². The molecule has 0 bridgehead atoms. The van der Waals surface area contributed by atoms with Crippen LogP contribution in [0.5, 0.6) is 0 Å². The molecule has 19 heavy (non-hydrogen) atoms. The fourth-order valence-corrected chi connectivity index (χ4v) is 2.52. The molecule has 1 aromatic carbocycles. The van der Waals surface area contributed by atoms with Crippen molar-refractivity contribution >= 4 is 11.4 Å². The highest BCUT2D eigenvalue weighted by Crippen LogP contribution is 2.22. The third kappa shape index (κ3) is 2.89. The fourth-order valence-electron chi connectivity index (χ4n) is 2.52. The molecule has 2 heterocycles. The highest BCUT2D eigenvalue weighted by molar-refractivity contribution is 5.55. The number of H-pyrrole nitrogens is 1. The maximum absolute atomic E-state index is 4.19. The highest BCUT2D eigenvalue weighted by Gasteiger charge is 2.11. The summed E-state index contributed by atoms with van der Waals surface area (Å²) in [6.07, 6.45) is 4.51. The van der Waals surface area contributed by atoms with Crippen LogP contribution in [0.3, 0.4) is 0 Å². The topological polar surface area (TPSA) is 44.0 Å². The summed E-state index contributed by atoms with van der Waals surface area (Å²) in [6.45, 7) is 5.14. The van der Waals surface area contributed by atoms with E-state index in [1.54, 1.807) is 0 Å². The summed E-state index contributed by atoms with van der Waals surface area (Å²) in [5.41, 5.74) is 3.59. The zero-order valence-electron chi connectivity index (χ0n) is 11.3. The first-order valence-corrected chi connectivity index (χ1v) is 6.91. The van der Waals surface area contributed by atoms with Crippen LogP contribution in [-0.2, 0) is 6.54 Å². The van der Waals surface area contributed by atoms with E-state index in [1.807, 2.05) is 13.1 Å². The van der Waals surface area contributed by atoms with Gasteiger partial charge in [0.1, 0.15) is 5.82 Å². The Labute approximate surface area is 113 Å². The normalized spacial score (nSPS) is 14.9. The van der Waals surface area contributed by atoms with Gasteiger partial charge in [-0.1, -0.05) is 0 Å². The number of aromatic nitrogens is 2. The van der Waals surface area contributed by atoms with Crippen LogP contribution in [0, 0.1) is 6.92 Å². The minimum atomic E-state index is 0.782. The molecule has 3 rings (SSSR count). The van der Waals surface area contributed by atoms with Gasteiger partial charge in [0, 0.05) is 24.5 Å².